The van der Waals surface area contributed by atoms with Gasteiger partial charge in [0, 0.05) is 19.3 Å². The second kappa shape index (κ2) is 5.71. The van der Waals surface area contributed by atoms with Crippen molar-refractivity contribution in [3.05, 3.63) is 23.9 Å². The van der Waals surface area contributed by atoms with E-state index in [4.69, 9.17) is 0 Å². The fourth-order valence-corrected chi connectivity index (χ4v) is 1.54. The van der Waals surface area contributed by atoms with Gasteiger partial charge in [-0.1, -0.05) is 13.0 Å². The molecular weight excluding hydrogens is 188 g/mol. The molecule has 0 saturated carbocycles. The van der Waals surface area contributed by atoms with Gasteiger partial charge in [0.15, 0.2) is 0 Å². The van der Waals surface area contributed by atoms with Crippen LogP contribution in [0.4, 0.5) is 5.82 Å². The number of nitrogens with zero attached hydrogens (tertiary/aromatic N) is 2. The maximum absolute atomic E-state index is 9.36. The Balaban J connectivity index is 2.77. The minimum absolute atomic E-state index is 0.437. The first-order valence-electron chi connectivity index (χ1n) is 5.58. The Morgan fingerprint density at radius 1 is 1.40 bits per heavy atom. The summed E-state index contributed by atoms with van der Waals surface area (Å²) >= 11 is 0. The predicted octanol–water partition coefficient (Wildman–Crippen LogP) is 2.37. The SMILES string of the molecule is CCCN(CC)c1ccc([C@@H](C)O)cn1. The molecule has 1 rings (SSSR count). The molecule has 3 nitrogen and oxygen atoms in total. The van der Waals surface area contributed by atoms with Gasteiger partial charge >= 0.3 is 0 Å². The number of rotatable bonds is 5. The van der Waals surface area contributed by atoms with Gasteiger partial charge in [-0.05, 0) is 31.9 Å². The van der Waals surface area contributed by atoms with Gasteiger partial charge < -0.3 is 10.0 Å². The zero-order chi connectivity index (χ0) is 11.3. The van der Waals surface area contributed by atoms with Gasteiger partial charge in [-0.3, -0.25) is 0 Å². The van der Waals surface area contributed by atoms with Gasteiger partial charge in [-0.15, -0.1) is 0 Å². The molecule has 0 fully saturated rings. The fourth-order valence-electron chi connectivity index (χ4n) is 1.54. The van der Waals surface area contributed by atoms with Gasteiger partial charge in [0.25, 0.3) is 0 Å². The van der Waals surface area contributed by atoms with E-state index in [1.807, 2.05) is 12.1 Å². The summed E-state index contributed by atoms with van der Waals surface area (Å²) in [4.78, 5) is 6.58. The van der Waals surface area contributed by atoms with Crippen LogP contribution in [0.25, 0.3) is 0 Å². The maximum Gasteiger partial charge on any atom is 0.128 e. The van der Waals surface area contributed by atoms with Crippen LogP contribution in [0, 0.1) is 0 Å². The highest BCUT2D eigenvalue weighted by molar-refractivity contribution is 5.39. The van der Waals surface area contributed by atoms with Crippen molar-refractivity contribution < 1.29 is 5.11 Å². The molecular formula is C12H20N2O. The van der Waals surface area contributed by atoms with Crippen LogP contribution in [0.5, 0.6) is 0 Å². The Morgan fingerprint density at radius 2 is 2.13 bits per heavy atom. The molecule has 0 bridgehead atoms. The molecule has 0 amide bonds. The molecule has 15 heavy (non-hydrogen) atoms. The molecule has 1 atom stereocenters. The van der Waals surface area contributed by atoms with E-state index < -0.39 is 6.10 Å². The van der Waals surface area contributed by atoms with Crippen molar-refractivity contribution in [2.24, 2.45) is 0 Å². The largest absolute Gasteiger partial charge is 0.389 e. The molecule has 0 aromatic carbocycles. The summed E-state index contributed by atoms with van der Waals surface area (Å²) in [7, 11) is 0. The van der Waals surface area contributed by atoms with Crippen molar-refractivity contribution in [3.8, 4) is 0 Å². The first kappa shape index (κ1) is 12.0. The van der Waals surface area contributed by atoms with Crippen LogP contribution in [0.3, 0.4) is 0 Å². The van der Waals surface area contributed by atoms with Crippen LogP contribution < -0.4 is 4.90 Å². The van der Waals surface area contributed by atoms with Crippen LogP contribution in [-0.4, -0.2) is 23.2 Å². The highest BCUT2D eigenvalue weighted by Gasteiger charge is 2.05. The van der Waals surface area contributed by atoms with Crippen LogP contribution in [0.15, 0.2) is 18.3 Å². The lowest BCUT2D eigenvalue weighted by atomic mass is 10.2. The number of aliphatic hydroxyl groups excluding tert-OH is 1. The van der Waals surface area contributed by atoms with Crippen molar-refractivity contribution in [1.82, 2.24) is 4.98 Å². The minimum atomic E-state index is -0.437. The van der Waals surface area contributed by atoms with E-state index in [0.29, 0.717) is 0 Å². The maximum atomic E-state index is 9.36. The smallest absolute Gasteiger partial charge is 0.128 e. The number of anilines is 1. The Hall–Kier alpha value is -1.09. The van der Waals surface area contributed by atoms with E-state index >= 15 is 0 Å². The summed E-state index contributed by atoms with van der Waals surface area (Å²) in [5.41, 5.74) is 0.867. The summed E-state index contributed by atoms with van der Waals surface area (Å²) in [5, 5.41) is 9.36. The van der Waals surface area contributed by atoms with Crippen molar-refractivity contribution in [2.45, 2.75) is 33.3 Å². The van der Waals surface area contributed by atoms with Crippen molar-refractivity contribution in [3.63, 3.8) is 0 Å². The molecule has 3 heteroatoms. The summed E-state index contributed by atoms with van der Waals surface area (Å²) < 4.78 is 0. The van der Waals surface area contributed by atoms with E-state index in [1.165, 1.54) is 0 Å². The van der Waals surface area contributed by atoms with E-state index in [0.717, 1.165) is 30.9 Å². The quantitative estimate of drug-likeness (QED) is 0.807. The summed E-state index contributed by atoms with van der Waals surface area (Å²) in [6, 6.07) is 3.91. The molecule has 0 spiro atoms. The van der Waals surface area contributed by atoms with Crippen molar-refractivity contribution in [2.75, 3.05) is 18.0 Å². The van der Waals surface area contributed by atoms with E-state index in [-0.39, 0.29) is 0 Å². The lowest BCUT2D eigenvalue weighted by Gasteiger charge is -2.21. The summed E-state index contributed by atoms with van der Waals surface area (Å²) in [6.45, 7) is 8.03. The first-order valence-corrected chi connectivity index (χ1v) is 5.58. The summed E-state index contributed by atoms with van der Waals surface area (Å²) in [6.07, 6.45) is 2.43. The number of pyridine rings is 1. The average molecular weight is 208 g/mol. The molecule has 1 aromatic heterocycles. The van der Waals surface area contributed by atoms with Gasteiger partial charge in [-0.25, -0.2) is 4.98 Å². The Bertz CT molecular complexity index is 282. The summed E-state index contributed by atoms with van der Waals surface area (Å²) in [5.74, 6) is 0.990. The number of aliphatic hydroxyl groups is 1. The molecule has 1 aromatic rings. The van der Waals surface area contributed by atoms with Crippen LogP contribution in [0.1, 0.15) is 38.9 Å². The van der Waals surface area contributed by atoms with Gasteiger partial charge in [0.1, 0.15) is 5.82 Å². The lowest BCUT2D eigenvalue weighted by molar-refractivity contribution is 0.199. The molecule has 0 aliphatic heterocycles. The molecule has 1 N–H and O–H groups in total. The minimum Gasteiger partial charge on any atom is -0.389 e. The number of hydrogen-bond acceptors (Lipinski definition) is 3. The Kier molecular flexibility index (Phi) is 4.56. The normalized spacial score (nSPS) is 12.5. The second-order valence-electron chi connectivity index (χ2n) is 3.71. The van der Waals surface area contributed by atoms with Crippen LogP contribution in [0.2, 0.25) is 0 Å². The van der Waals surface area contributed by atoms with Gasteiger partial charge in [-0.2, -0.15) is 0 Å². The standard InChI is InChI=1S/C12H20N2O/c1-4-8-14(5-2)12-7-6-11(9-13-12)10(3)15/h6-7,9-10,15H,4-5,8H2,1-3H3/t10-/m1/s1. The first-order chi connectivity index (χ1) is 7.19. The van der Waals surface area contributed by atoms with E-state index in [9.17, 15) is 5.11 Å². The highest BCUT2D eigenvalue weighted by atomic mass is 16.3. The Morgan fingerprint density at radius 3 is 2.53 bits per heavy atom. The van der Waals surface area contributed by atoms with Crippen LogP contribution >= 0.6 is 0 Å². The zero-order valence-electron chi connectivity index (χ0n) is 9.77. The van der Waals surface area contributed by atoms with E-state index in [1.54, 1.807) is 13.1 Å². The van der Waals surface area contributed by atoms with Crippen molar-refractivity contribution >= 4 is 5.82 Å². The van der Waals surface area contributed by atoms with E-state index in [2.05, 4.69) is 23.7 Å². The molecule has 0 saturated heterocycles. The third kappa shape index (κ3) is 3.20. The van der Waals surface area contributed by atoms with Crippen molar-refractivity contribution in [1.29, 1.82) is 0 Å². The molecule has 0 radical (unpaired) electrons. The number of hydrogen-bond donors (Lipinski definition) is 1. The number of aromatic nitrogens is 1. The average Bonchev–Trinajstić information content (AvgIpc) is 2.26. The zero-order valence-corrected chi connectivity index (χ0v) is 9.77. The van der Waals surface area contributed by atoms with Gasteiger partial charge in [0.05, 0.1) is 6.10 Å². The second-order valence-corrected chi connectivity index (χ2v) is 3.71. The molecule has 0 aliphatic carbocycles. The monoisotopic (exact) mass is 208 g/mol. The predicted molar refractivity (Wildman–Crippen MR) is 63.0 cm³/mol. The third-order valence-electron chi connectivity index (χ3n) is 2.45. The molecule has 0 unspecified atom stereocenters. The fraction of sp³-hybridized carbons (Fsp3) is 0.583. The highest BCUT2D eigenvalue weighted by Crippen LogP contribution is 2.15. The molecule has 0 aliphatic rings. The lowest BCUT2D eigenvalue weighted by Crippen LogP contribution is -2.24. The topological polar surface area (TPSA) is 36.4 Å². The van der Waals surface area contributed by atoms with Gasteiger partial charge in [0.2, 0.25) is 0 Å². The third-order valence-corrected chi connectivity index (χ3v) is 2.45. The van der Waals surface area contributed by atoms with Crippen LogP contribution in [-0.2, 0) is 0 Å². The molecule has 1 heterocycles. The Labute approximate surface area is 91.8 Å². The molecule has 84 valence electrons.